The quantitative estimate of drug-likeness (QED) is 0.690. The summed E-state index contributed by atoms with van der Waals surface area (Å²) in [6, 6.07) is 8.58. The number of hydrogen-bond acceptors (Lipinski definition) is 6. The zero-order chi connectivity index (χ0) is 17.8. The molecule has 132 valence electrons. The number of furan rings is 1. The summed E-state index contributed by atoms with van der Waals surface area (Å²) < 4.78 is 15.7. The molecule has 1 aliphatic heterocycles. The molecule has 1 aromatic carbocycles. The summed E-state index contributed by atoms with van der Waals surface area (Å²) >= 11 is 0. The molecule has 0 saturated heterocycles. The van der Waals surface area contributed by atoms with Gasteiger partial charge in [-0.15, -0.1) is 0 Å². The average Bonchev–Trinajstić information content (AvgIpc) is 3.25. The summed E-state index contributed by atoms with van der Waals surface area (Å²) in [6.45, 7) is 1.97. The molecule has 1 unspecified atom stereocenters. The third-order valence-corrected chi connectivity index (χ3v) is 3.64. The van der Waals surface area contributed by atoms with Crippen molar-refractivity contribution in [3.63, 3.8) is 0 Å². The predicted octanol–water partition coefficient (Wildman–Crippen LogP) is 0.783. The Morgan fingerprint density at radius 1 is 1.12 bits per heavy atom. The van der Waals surface area contributed by atoms with E-state index in [1.165, 1.54) is 0 Å². The van der Waals surface area contributed by atoms with E-state index in [0.717, 1.165) is 5.56 Å². The second kappa shape index (κ2) is 7.27. The number of nitrogens with one attached hydrogen (secondary N) is 2. The minimum Gasteiger partial charge on any atom is -0.464 e. The third-order valence-electron chi connectivity index (χ3n) is 3.64. The van der Waals surface area contributed by atoms with Gasteiger partial charge in [0.05, 0.1) is 6.54 Å². The van der Waals surface area contributed by atoms with Crippen LogP contribution in [0.3, 0.4) is 0 Å². The van der Waals surface area contributed by atoms with Crippen molar-refractivity contribution in [3.8, 4) is 11.5 Å². The van der Waals surface area contributed by atoms with Crippen LogP contribution in [0.5, 0.6) is 11.5 Å². The summed E-state index contributed by atoms with van der Waals surface area (Å²) in [4.78, 5) is 23.6. The second-order valence-electron chi connectivity index (χ2n) is 5.54. The Kier molecular flexibility index (Phi) is 4.90. The zero-order valence-electron chi connectivity index (χ0n) is 13.6. The number of aliphatic hydroxyl groups excluding tert-OH is 1. The van der Waals surface area contributed by atoms with E-state index in [1.807, 2.05) is 0 Å². The number of ether oxygens (including phenoxy) is 2. The number of hydrogen-bond donors (Lipinski definition) is 3. The molecule has 8 nitrogen and oxygen atoms in total. The molecule has 1 aromatic heterocycles. The Labute approximate surface area is 143 Å². The topological polar surface area (TPSA) is 110 Å². The standard InChI is InChI=1S/C17H18N2O6/c1-10-2-4-13(25-10)12(20)8-19-17(22)16(21)18-7-11-3-5-14-15(6-11)24-9-23-14/h2-6,12,20H,7-9H2,1H3,(H,18,21)(H,19,22). The van der Waals surface area contributed by atoms with Gasteiger partial charge in [-0.25, -0.2) is 0 Å². The molecule has 0 aliphatic carbocycles. The van der Waals surface area contributed by atoms with Crippen molar-refractivity contribution < 1.29 is 28.6 Å². The van der Waals surface area contributed by atoms with Gasteiger partial charge >= 0.3 is 11.8 Å². The highest BCUT2D eigenvalue weighted by atomic mass is 16.7. The van der Waals surface area contributed by atoms with E-state index < -0.39 is 17.9 Å². The minimum absolute atomic E-state index is 0.122. The van der Waals surface area contributed by atoms with Crippen LogP contribution in [-0.4, -0.2) is 30.3 Å². The molecule has 0 fully saturated rings. The maximum atomic E-state index is 11.8. The molecule has 2 amide bonds. The summed E-state index contributed by atoms with van der Waals surface area (Å²) in [6.07, 6.45) is -1.01. The monoisotopic (exact) mass is 346 g/mol. The van der Waals surface area contributed by atoms with Crippen LogP contribution in [0, 0.1) is 6.92 Å². The first kappa shape index (κ1) is 16.8. The molecule has 1 atom stereocenters. The lowest BCUT2D eigenvalue weighted by molar-refractivity contribution is -0.139. The second-order valence-corrected chi connectivity index (χ2v) is 5.54. The van der Waals surface area contributed by atoms with Crippen molar-refractivity contribution in [2.45, 2.75) is 19.6 Å². The molecular weight excluding hydrogens is 328 g/mol. The van der Waals surface area contributed by atoms with Gasteiger partial charge in [-0.05, 0) is 36.8 Å². The van der Waals surface area contributed by atoms with Crippen molar-refractivity contribution in [1.29, 1.82) is 0 Å². The first-order valence-corrected chi connectivity index (χ1v) is 7.72. The van der Waals surface area contributed by atoms with Gasteiger partial charge in [-0.1, -0.05) is 6.07 Å². The van der Waals surface area contributed by atoms with Crippen molar-refractivity contribution in [2.75, 3.05) is 13.3 Å². The largest absolute Gasteiger partial charge is 0.464 e. The van der Waals surface area contributed by atoms with Crippen LogP contribution < -0.4 is 20.1 Å². The van der Waals surface area contributed by atoms with Crippen LogP contribution in [0.1, 0.15) is 23.2 Å². The van der Waals surface area contributed by atoms with Crippen molar-refractivity contribution in [3.05, 3.63) is 47.4 Å². The number of aliphatic hydroxyl groups is 1. The highest BCUT2D eigenvalue weighted by Crippen LogP contribution is 2.32. The lowest BCUT2D eigenvalue weighted by atomic mass is 10.2. The maximum Gasteiger partial charge on any atom is 0.309 e. The molecular formula is C17H18N2O6. The zero-order valence-corrected chi connectivity index (χ0v) is 13.6. The number of aryl methyl sites for hydroxylation is 1. The minimum atomic E-state index is -1.01. The smallest absolute Gasteiger partial charge is 0.309 e. The van der Waals surface area contributed by atoms with E-state index in [4.69, 9.17) is 13.9 Å². The number of carbonyl (C=O) groups excluding carboxylic acids is 2. The number of carbonyl (C=O) groups is 2. The highest BCUT2D eigenvalue weighted by Gasteiger charge is 2.18. The maximum absolute atomic E-state index is 11.8. The molecule has 3 N–H and O–H groups in total. The molecule has 0 saturated carbocycles. The van der Waals surface area contributed by atoms with Crippen LogP contribution in [-0.2, 0) is 16.1 Å². The van der Waals surface area contributed by atoms with Gasteiger partial charge in [0.15, 0.2) is 11.5 Å². The Bertz CT molecular complexity index is 785. The van der Waals surface area contributed by atoms with Gasteiger partial charge in [0.2, 0.25) is 6.79 Å². The van der Waals surface area contributed by atoms with Gasteiger partial charge in [0.25, 0.3) is 0 Å². The third kappa shape index (κ3) is 4.10. The van der Waals surface area contributed by atoms with Crippen LogP contribution in [0.25, 0.3) is 0 Å². The van der Waals surface area contributed by atoms with E-state index in [9.17, 15) is 14.7 Å². The fourth-order valence-electron chi connectivity index (χ4n) is 2.32. The van der Waals surface area contributed by atoms with Crippen molar-refractivity contribution in [2.24, 2.45) is 0 Å². The molecule has 2 aromatic rings. The van der Waals surface area contributed by atoms with Crippen molar-refractivity contribution in [1.82, 2.24) is 10.6 Å². The Balaban J connectivity index is 1.45. The molecule has 0 radical (unpaired) electrons. The molecule has 0 bridgehead atoms. The van der Waals surface area contributed by atoms with Crippen LogP contribution in [0.2, 0.25) is 0 Å². The SMILES string of the molecule is Cc1ccc(C(O)CNC(=O)C(=O)NCc2ccc3c(c2)OCO3)o1. The van der Waals surface area contributed by atoms with E-state index in [1.54, 1.807) is 37.3 Å². The molecule has 2 heterocycles. The average molecular weight is 346 g/mol. The number of benzene rings is 1. The number of amides is 2. The number of rotatable bonds is 5. The van der Waals surface area contributed by atoms with Gasteiger partial charge in [-0.3, -0.25) is 9.59 Å². The fourth-order valence-corrected chi connectivity index (χ4v) is 2.32. The van der Waals surface area contributed by atoms with Crippen LogP contribution >= 0.6 is 0 Å². The summed E-state index contributed by atoms with van der Waals surface area (Å²) in [5, 5.41) is 14.8. The van der Waals surface area contributed by atoms with E-state index in [-0.39, 0.29) is 19.9 Å². The summed E-state index contributed by atoms with van der Waals surface area (Å²) in [5.41, 5.74) is 0.775. The first-order chi connectivity index (χ1) is 12.0. The Morgan fingerprint density at radius 2 is 1.88 bits per heavy atom. The van der Waals surface area contributed by atoms with Gasteiger partial charge in [0.1, 0.15) is 17.6 Å². The predicted molar refractivity (Wildman–Crippen MR) is 85.8 cm³/mol. The number of fused-ring (bicyclic) bond motifs is 1. The highest BCUT2D eigenvalue weighted by molar-refractivity contribution is 6.35. The molecule has 8 heteroatoms. The van der Waals surface area contributed by atoms with Gasteiger partial charge < -0.3 is 29.6 Å². The Hall–Kier alpha value is -3.00. The summed E-state index contributed by atoms with van der Waals surface area (Å²) in [5.74, 6) is 0.618. The van der Waals surface area contributed by atoms with Crippen LogP contribution in [0.4, 0.5) is 0 Å². The van der Waals surface area contributed by atoms with Gasteiger partial charge in [0, 0.05) is 6.54 Å². The summed E-state index contributed by atoms with van der Waals surface area (Å²) in [7, 11) is 0. The van der Waals surface area contributed by atoms with E-state index in [2.05, 4.69) is 10.6 Å². The molecule has 0 spiro atoms. The van der Waals surface area contributed by atoms with E-state index >= 15 is 0 Å². The molecule has 3 rings (SSSR count). The normalized spacial score (nSPS) is 13.4. The Morgan fingerprint density at radius 3 is 2.64 bits per heavy atom. The van der Waals surface area contributed by atoms with Crippen LogP contribution in [0.15, 0.2) is 34.7 Å². The van der Waals surface area contributed by atoms with Crippen molar-refractivity contribution >= 4 is 11.8 Å². The van der Waals surface area contributed by atoms with E-state index in [0.29, 0.717) is 23.0 Å². The first-order valence-electron chi connectivity index (χ1n) is 7.72. The lowest BCUT2D eigenvalue weighted by Gasteiger charge is -2.10. The fraction of sp³-hybridized carbons (Fsp3) is 0.294. The lowest BCUT2D eigenvalue weighted by Crippen LogP contribution is -2.41. The van der Waals surface area contributed by atoms with Gasteiger partial charge in [-0.2, -0.15) is 0 Å². The molecule has 25 heavy (non-hydrogen) atoms. The molecule has 1 aliphatic rings.